The van der Waals surface area contributed by atoms with E-state index in [9.17, 15) is 0 Å². The Morgan fingerprint density at radius 1 is 0.606 bits per heavy atom. The molecule has 0 bridgehead atoms. The van der Waals surface area contributed by atoms with Gasteiger partial charge in [-0.2, -0.15) is 0 Å². The van der Waals surface area contributed by atoms with Crippen LogP contribution < -0.4 is 5.46 Å². The fourth-order valence-electron chi connectivity index (χ4n) is 5.41. The third kappa shape index (κ3) is 3.98. The van der Waals surface area contributed by atoms with Crippen LogP contribution in [0.3, 0.4) is 0 Å². The molecule has 3 aliphatic rings. The van der Waals surface area contributed by atoms with Crippen molar-refractivity contribution in [1.29, 1.82) is 0 Å². The van der Waals surface area contributed by atoms with E-state index in [1.807, 2.05) is 11.8 Å². The van der Waals surface area contributed by atoms with Crippen molar-refractivity contribution in [2.24, 2.45) is 0 Å². The van der Waals surface area contributed by atoms with Crippen molar-refractivity contribution >= 4 is 23.9 Å². The zero-order chi connectivity index (χ0) is 22.2. The van der Waals surface area contributed by atoms with Gasteiger partial charge in [0.05, 0.1) is 0 Å². The minimum Gasteiger partial charge on any atom is -0.0901 e. The highest BCUT2D eigenvalue weighted by Crippen LogP contribution is 2.42. The molecule has 0 N–H and O–H groups in total. The first-order chi connectivity index (χ1) is 16.3. The van der Waals surface area contributed by atoms with Crippen molar-refractivity contribution in [2.75, 3.05) is 0 Å². The maximum absolute atomic E-state index is 2.40. The molecular weight excluding hydrogens is 415 g/mol. The molecule has 160 valence electrons. The van der Waals surface area contributed by atoms with Crippen LogP contribution in [-0.4, -0.2) is 6.71 Å². The monoisotopic (exact) mass is 442 g/mol. The van der Waals surface area contributed by atoms with Crippen molar-refractivity contribution in [2.45, 2.75) is 42.4 Å². The Labute approximate surface area is 201 Å². The van der Waals surface area contributed by atoms with Crippen molar-refractivity contribution in [1.82, 2.24) is 0 Å². The number of hydrogen-bond acceptors (Lipinski definition) is 1. The number of fused-ring (bicyclic) bond motifs is 1. The van der Waals surface area contributed by atoms with Gasteiger partial charge in [0.15, 0.2) is 0 Å². The van der Waals surface area contributed by atoms with E-state index < -0.39 is 0 Å². The third-order valence-corrected chi connectivity index (χ3v) is 8.10. The van der Waals surface area contributed by atoms with Crippen LogP contribution in [-0.2, 0) is 0 Å². The van der Waals surface area contributed by atoms with Crippen LogP contribution in [0.2, 0.25) is 0 Å². The predicted octanol–water partition coefficient (Wildman–Crippen LogP) is 7.90. The summed E-state index contributed by atoms with van der Waals surface area (Å²) in [6, 6.07) is 27.0. The highest BCUT2D eigenvalue weighted by Gasteiger charge is 2.36. The second-order valence-corrected chi connectivity index (χ2v) is 10.4. The lowest BCUT2D eigenvalue weighted by molar-refractivity contribution is 0.898. The fraction of sp³-hybridized carbons (Fsp3) is 0.161. The molecule has 6 rings (SSSR count). The van der Waals surface area contributed by atoms with Crippen LogP contribution in [0, 0.1) is 6.92 Å². The quantitative estimate of drug-likeness (QED) is 0.370. The van der Waals surface area contributed by atoms with E-state index in [1.54, 1.807) is 22.1 Å². The maximum Gasteiger partial charge on any atom is 0.241 e. The van der Waals surface area contributed by atoms with Crippen LogP contribution in [0.4, 0.5) is 0 Å². The Morgan fingerprint density at radius 2 is 1.09 bits per heavy atom. The second kappa shape index (κ2) is 8.76. The van der Waals surface area contributed by atoms with Crippen LogP contribution in [0.5, 0.6) is 0 Å². The highest BCUT2D eigenvalue weighted by atomic mass is 32.2. The Hall–Kier alpha value is -2.97. The van der Waals surface area contributed by atoms with E-state index in [0.29, 0.717) is 6.71 Å². The molecule has 0 saturated heterocycles. The van der Waals surface area contributed by atoms with Gasteiger partial charge in [0.2, 0.25) is 6.71 Å². The maximum atomic E-state index is 2.40. The normalized spacial score (nSPS) is 16.9. The standard InChI is InChI=1S/C31H27BS/c1-22-10-12-23(13-11-22)24-14-18-26(19-15-24)33-27-20-16-25(17-21-27)32-30-8-4-2-6-28(30)29-7-3-5-9-31(29)32/h4-5,8-21H,2-3,6-7H2,1H3. The van der Waals surface area contributed by atoms with Crippen LogP contribution in [0.25, 0.3) is 11.1 Å². The largest absolute Gasteiger partial charge is 0.241 e. The van der Waals surface area contributed by atoms with Gasteiger partial charge in [-0.05, 0) is 79.1 Å². The smallest absolute Gasteiger partial charge is 0.0901 e. The number of benzene rings is 3. The van der Waals surface area contributed by atoms with Crippen molar-refractivity contribution in [3.05, 3.63) is 125 Å². The second-order valence-electron chi connectivity index (χ2n) is 9.24. The van der Waals surface area contributed by atoms with Crippen molar-refractivity contribution in [3.63, 3.8) is 0 Å². The first-order valence-electron chi connectivity index (χ1n) is 12.0. The third-order valence-electron chi connectivity index (χ3n) is 7.09. The average molecular weight is 442 g/mol. The molecule has 0 unspecified atom stereocenters. The van der Waals surface area contributed by atoms with E-state index in [-0.39, 0.29) is 0 Å². The van der Waals surface area contributed by atoms with E-state index in [4.69, 9.17) is 0 Å². The summed E-state index contributed by atoms with van der Waals surface area (Å²) in [7, 11) is 0. The van der Waals surface area contributed by atoms with Crippen molar-refractivity contribution in [3.8, 4) is 11.1 Å². The van der Waals surface area contributed by atoms with E-state index in [0.717, 1.165) is 0 Å². The van der Waals surface area contributed by atoms with Crippen LogP contribution in [0.1, 0.15) is 31.2 Å². The first kappa shape index (κ1) is 20.6. The molecule has 33 heavy (non-hydrogen) atoms. The summed E-state index contributed by atoms with van der Waals surface area (Å²) in [6.45, 7) is 2.54. The number of hydrogen-bond donors (Lipinski definition) is 0. The number of aryl methyl sites for hydroxylation is 1. The summed E-state index contributed by atoms with van der Waals surface area (Å²) >= 11 is 1.84. The summed E-state index contributed by atoms with van der Waals surface area (Å²) in [6.07, 6.45) is 14.3. The summed E-state index contributed by atoms with van der Waals surface area (Å²) in [4.78, 5) is 2.57. The van der Waals surface area contributed by atoms with E-state index >= 15 is 0 Å². The van der Waals surface area contributed by atoms with Gasteiger partial charge in [-0.3, -0.25) is 0 Å². The molecule has 0 fully saturated rings. The number of allylic oxidation sites excluding steroid dienone is 8. The van der Waals surface area contributed by atoms with Gasteiger partial charge in [0.25, 0.3) is 0 Å². The lowest BCUT2D eigenvalue weighted by atomic mass is 9.36. The zero-order valence-electron chi connectivity index (χ0n) is 19.1. The SMILES string of the molecule is Cc1ccc(-c2ccc(Sc3ccc(B4C5=C(CCC=C5)C5=C4C=CCC5)cc3)cc2)cc1. The summed E-state index contributed by atoms with van der Waals surface area (Å²) in [5.41, 5.74) is 11.6. The molecular formula is C31H27BS. The van der Waals surface area contributed by atoms with E-state index in [1.165, 1.54) is 57.6 Å². The molecule has 0 aromatic heterocycles. The minimum absolute atomic E-state index is 0.413. The van der Waals surface area contributed by atoms with Gasteiger partial charge < -0.3 is 0 Å². The Kier molecular flexibility index (Phi) is 5.48. The Balaban J connectivity index is 1.22. The summed E-state index contributed by atoms with van der Waals surface area (Å²) in [5.74, 6) is 0. The summed E-state index contributed by atoms with van der Waals surface area (Å²) < 4.78 is 0. The molecule has 0 nitrogen and oxygen atoms in total. The first-order valence-corrected chi connectivity index (χ1v) is 12.8. The number of rotatable bonds is 4. The topological polar surface area (TPSA) is 0 Å². The van der Waals surface area contributed by atoms with Crippen molar-refractivity contribution < 1.29 is 0 Å². The molecule has 0 radical (unpaired) electrons. The lowest BCUT2D eigenvalue weighted by Crippen LogP contribution is -2.33. The molecule has 2 aliphatic carbocycles. The molecule has 2 heteroatoms. The molecule has 1 aliphatic heterocycles. The van der Waals surface area contributed by atoms with Crippen LogP contribution in [0.15, 0.2) is 129 Å². The highest BCUT2D eigenvalue weighted by molar-refractivity contribution is 7.99. The Bertz CT molecular complexity index is 1260. The van der Waals surface area contributed by atoms with E-state index in [2.05, 4.69) is 104 Å². The van der Waals surface area contributed by atoms with Gasteiger partial charge >= 0.3 is 0 Å². The Morgan fingerprint density at radius 3 is 1.64 bits per heavy atom. The molecule has 0 atom stereocenters. The van der Waals surface area contributed by atoms with Gasteiger partial charge in [-0.25, -0.2) is 0 Å². The van der Waals surface area contributed by atoms with Gasteiger partial charge in [-0.15, -0.1) is 0 Å². The molecule has 3 aromatic carbocycles. The lowest BCUT2D eigenvalue weighted by Gasteiger charge is -2.16. The average Bonchev–Trinajstić information content (AvgIpc) is 3.20. The molecule has 0 amide bonds. The molecule has 3 aromatic rings. The predicted molar refractivity (Wildman–Crippen MR) is 143 cm³/mol. The molecule has 0 spiro atoms. The fourth-order valence-corrected chi connectivity index (χ4v) is 6.23. The van der Waals surface area contributed by atoms with Gasteiger partial charge in [-0.1, -0.05) is 107 Å². The van der Waals surface area contributed by atoms with Gasteiger partial charge in [0.1, 0.15) is 0 Å². The summed E-state index contributed by atoms with van der Waals surface area (Å²) in [5, 5.41) is 0. The minimum atomic E-state index is 0.413. The zero-order valence-corrected chi connectivity index (χ0v) is 19.9. The molecule has 0 saturated carbocycles. The molecule has 1 heterocycles. The van der Waals surface area contributed by atoms with Gasteiger partial charge in [0, 0.05) is 9.79 Å². The van der Waals surface area contributed by atoms with Crippen LogP contribution >= 0.6 is 11.8 Å².